The third-order valence-corrected chi connectivity index (χ3v) is 1.79. The van der Waals surface area contributed by atoms with Crippen molar-refractivity contribution in [2.75, 3.05) is 19.6 Å². The molecule has 0 aliphatic carbocycles. The summed E-state index contributed by atoms with van der Waals surface area (Å²) in [5.74, 6) is 0.698. The number of nitrogens with one attached hydrogen (secondary N) is 2. The summed E-state index contributed by atoms with van der Waals surface area (Å²) in [4.78, 5) is 3.97. The summed E-state index contributed by atoms with van der Waals surface area (Å²) in [6.07, 6.45) is 0. The van der Waals surface area contributed by atoms with Crippen molar-refractivity contribution in [3.05, 3.63) is 0 Å². The summed E-state index contributed by atoms with van der Waals surface area (Å²) in [6.45, 7) is 4.32. The Morgan fingerprint density at radius 3 is 2.73 bits per heavy atom. The predicted octanol–water partition coefficient (Wildman–Crippen LogP) is -0.397. The zero-order valence-electron chi connectivity index (χ0n) is 6.72. The first-order valence-corrected chi connectivity index (χ1v) is 3.85. The van der Waals surface area contributed by atoms with Crippen LogP contribution in [-0.4, -0.2) is 31.2 Å². The third-order valence-electron chi connectivity index (χ3n) is 1.79. The highest BCUT2D eigenvalue weighted by Crippen LogP contribution is 2.04. The molecule has 0 aromatic carbocycles. The molecule has 0 atom stereocenters. The van der Waals surface area contributed by atoms with E-state index in [2.05, 4.69) is 10.3 Å². The number of hydrogen-bond acceptors (Lipinski definition) is 3. The molecule has 0 bridgehead atoms. The second-order valence-electron chi connectivity index (χ2n) is 2.63. The minimum absolute atomic E-state index is 0.297. The zero-order chi connectivity index (χ0) is 8.27. The van der Waals surface area contributed by atoms with E-state index < -0.39 is 0 Å². The summed E-state index contributed by atoms with van der Waals surface area (Å²) in [5.41, 5.74) is 6.03. The number of aliphatic imine (C=N–C) groups is 1. The Labute approximate surface area is 66.4 Å². The Hall–Kier alpha value is -0.900. The van der Waals surface area contributed by atoms with Crippen LogP contribution >= 0.6 is 0 Å². The number of nitrogens with zero attached hydrogens (tertiary/aromatic N) is 1. The van der Waals surface area contributed by atoms with Gasteiger partial charge in [0.05, 0.1) is 5.71 Å². The van der Waals surface area contributed by atoms with Crippen LogP contribution < -0.4 is 11.1 Å². The maximum absolute atomic E-state index is 7.56. The van der Waals surface area contributed by atoms with Crippen molar-refractivity contribution in [3.8, 4) is 0 Å². The topological polar surface area (TPSA) is 74.3 Å². The van der Waals surface area contributed by atoms with Gasteiger partial charge in [-0.3, -0.25) is 4.99 Å². The second-order valence-corrected chi connectivity index (χ2v) is 2.63. The molecule has 0 aromatic heterocycles. The highest BCUT2D eigenvalue weighted by molar-refractivity contribution is 6.40. The summed E-state index contributed by atoms with van der Waals surface area (Å²) in [5, 5.41) is 10.6. The summed E-state index contributed by atoms with van der Waals surface area (Å²) in [6, 6.07) is 0. The van der Waals surface area contributed by atoms with E-state index in [1.165, 1.54) is 0 Å². The van der Waals surface area contributed by atoms with Crippen molar-refractivity contribution < 1.29 is 0 Å². The van der Waals surface area contributed by atoms with Gasteiger partial charge in [0.15, 0.2) is 0 Å². The fraction of sp³-hybridized carbons (Fsp3) is 0.714. The first-order chi connectivity index (χ1) is 5.25. The molecule has 1 rings (SSSR count). The molecule has 0 radical (unpaired) electrons. The number of rotatable bonds is 3. The van der Waals surface area contributed by atoms with Gasteiger partial charge in [0.25, 0.3) is 0 Å². The van der Waals surface area contributed by atoms with Crippen molar-refractivity contribution in [2.45, 2.75) is 6.92 Å². The molecule has 4 N–H and O–H groups in total. The Bertz CT molecular complexity index is 181. The molecule has 62 valence electrons. The molecule has 1 aliphatic heterocycles. The monoisotopic (exact) mass is 154 g/mol. The van der Waals surface area contributed by atoms with E-state index in [0.29, 0.717) is 24.0 Å². The smallest absolute Gasteiger partial charge is 0.139 e. The Morgan fingerprint density at radius 1 is 1.73 bits per heavy atom. The molecule has 0 unspecified atom stereocenters. The number of amidine groups is 1. The lowest BCUT2D eigenvalue weighted by Crippen LogP contribution is -2.50. The molecular weight excluding hydrogens is 140 g/mol. The van der Waals surface area contributed by atoms with E-state index >= 15 is 0 Å². The maximum atomic E-state index is 7.56. The molecule has 0 amide bonds. The van der Waals surface area contributed by atoms with Crippen LogP contribution in [0, 0.1) is 11.3 Å². The van der Waals surface area contributed by atoms with Gasteiger partial charge in [-0.25, -0.2) is 0 Å². The third kappa shape index (κ3) is 1.77. The van der Waals surface area contributed by atoms with Gasteiger partial charge >= 0.3 is 0 Å². The largest absolute Gasteiger partial charge is 0.382 e. The lowest BCUT2D eigenvalue weighted by molar-refractivity contribution is 0.444. The second kappa shape index (κ2) is 3.48. The Kier molecular flexibility index (Phi) is 2.59. The van der Waals surface area contributed by atoms with Crippen LogP contribution in [0.1, 0.15) is 6.92 Å². The van der Waals surface area contributed by atoms with Gasteiger partial charge < -0.3 is 16.5 Å². The fourth-order valence-electron chi connectivity index (χ4n) is 0.957. The molecule has 1 saturated heterocycles. The average molecular weight is 154 g/mol. The van der Waals surface area contributed by atoms with E-state index in [0.717, 1.165) is 13.1 Å². The number of hydrogen-bond donors (Lipinski definition) is 3. The number of nitrogens with two attached hydrogens (primary N) is 1. The van der Waals surface area contributed by atoms with Crippen LogP contribution in [0.4, 0.5) is 0 Å². The van der Waals surface area contributed by atoms with Gasteiger partial charge in [0.1, 0.15) is 5.84 Å². The molecule has 0 saturated carbocycles. The molecule has 1 heterocycles. The van der Waals surface area contributed by atoms with Crippen molar-refractivity contribution in [2.24, 2.45) is 16.6 Å². The minimum Gasteiger partial charge on any atom is -0.382 e. The minimum atomic E-state index is 0.297. The first-order valence-electron chi connectivity index (χ1n) is 3.85. The molecule has 0 spiro atoms. The van der Waals surface area contributed by atoms with Crippen molar-refractivity contribution in [1.82, 2.24) is 5.32 Å². The SMILES string of the molecule is CCN=C(N)C(=N)C1CNC1. The van der Waals surface area contributed by atoms with Crippen molar-refractivity contribution >= 4 is 11.5 Å². The van der Waals surface area contributed by atoms with Gasteiger partial charge in [-0.15, -0.1) is 0 Å². The normalized spacial score (nSPS) is 19.5. The zero-order valence-corrected chi connectivity index (χ0v) is 6.72. The quantitative estimate of drug-likeness (QED) is 0.382. The van der Waals surface area contributed by atoms with Crippen LogP contribution in [0.5, 0.6) is 0 Å². The predicted molar refractivity (Wildman–Crippen MR) is 46.2 cm³/mol. The molecule has 1 fully saturated rings. The highest BCUT2D eigenvalue weighted by atomic mass is 15.0. The Balaban J connectivity index is 2.45. The molecule has 4 heteroatoms. The van der Waals surface area contributed by atoms with Gasteiger partial charge in [0, 0.05) is 25.6 Å². The van der Waals surface area contributed by atoms with E-state index in [4.69, 9.17) is 11.1 Å². The van der Waals surface area contributed by atoms with Crippen LogP contribution in [0.15, 0.2) is 4.99 Å². The van der Waals surface area contributed by atoms with E-state index in [1.54, 1.807) is 0 Å². The molecule has 11 heavy (non-hydrogen) atoms. The van der Waals surface area contributed by atoms with Gasteiger partial charge in [-0.1, -0.05) is 0 Å². The van der Waals surface area contributed by atoms with Crippen molar-refractivity contribution in [1.29, 1.82) is 5.41 Å². The van der Waals surface area contributed by atoms with Crippen LogP contribution in [0.2, 0.25) is 0 Å². The van der Waals surface area contributed by atoms with Crippen LogP contribution in [0.25, 0.3) is 0 Å². The van der Waals surface area contributed by atoms with Crippen molar-refractivity contribution in [3.63, 3.8) is 0 Å². The Morgan fingerprint density at radius 2 is 2.36 bits per heavy atom. The summed E-state index contributed by atoms with van der Waals surface area (Å²) in [7, 11) is 0. The first kappa shape index (κ1) is 8.20. The molecule has 4 nitrogen and oxygen atoms in total. The van der Waals surface area contributed by atoms with Gasteiger partial charge in [0.2, 0.25) is 0 Å². The van der Waals surface area contributed by atoms with Gasteiger partial charge in [-0.2, -0.15) is 0 Å². The van der Waals surface area contributed by atoms with E-state index in [9.17, 15) is 0 Å². The standard InChI is InChI=1S/C7H14N4/c1-2-11-7(9)6(8)5-3-10-4-5/h5,8,10H,2-4H2,1H3,(H2,9,11). The fourth-order valence-corrected chi connectivity index (χ4v) is 0.957. The highest BCUT2D eigenvalue weighted by Gasteiger charge is 2.23. The maximum Gasteiger partial charge on any atom is 0.139 e. The van der Waals surface area contributed by atoms with Gasteiger partial charge in [-0.05, 0) is 6.92 Å². The molecule has 0 aromatic rings. The molecular formula is C7H14N4. The summed E-state index contributed by atoms with van der Waals surface area (Å²) >= 11 is 0. The lowest BCUT2D eigenvalue weighted by atomic mass is 9.97. The average Bonchev–Trinajstić information content (AvgIpc) is 1.84. The molecule has 1 aliphatic rings. The van der Waals surface area contributed by atoms with Crippen LogP contribution in [-0.2, 0) is 0 Å². The van der Waals surface area contributed by atoms with Crippen LogP contribution in [0.3, 0.4) is 0 Å². The van der Waals surface area contributed by atoms with E-state index in [-0.39, 0.29) is 0 Å². The lowest BCUT2D eigenvalue weighted by Gasteiger charge is -2.27. The summed E-state index contributed by atoms with van der Waals surface area (Å²) < 4.78 is 0. The van der Waals surface area contributed by atoms with E-state index in [1.807, 2.05) is 6.92 Å².